The number of nitrogens with zero attached hydrogens (tertiary/aromatic N) is 2. The number of furan rings is 1. The number of nitrogens with one attached hydrogen (secondary N) is 2. The SMILES string of the molecule is CC(=O)Nc1ccc(OCCCNc2ncnc3scc(-c4ccc(C)o4)c23)cc1. The Hall–Kier alpha value is -3.39. The van der Waals surface area contributed by atoms with Gasteiger partial charge in [0.25, 0.3) is 0 Å². The molecule has 0 spiro atoms. The van der Waals surface area contributed by atoms with Crippen LogP contribution in [0.15, 0.2) is 52.5 Å². The number of rotatable bonds is 8. The molecule has 30 heavy (non-hydrogen) atoms. The standard InChI is InChI=1S/C22H22N4O3S/c1-14-4-9-19(29-14)18-12-30-22-20(18)21(24-13-25-22)23-10-3-11-28-17-7-5-16(6-8-17)26-15(2)27/h4-9,12-13H,3,10-11H2,1-2H3,(H,26,27)(H,23,24,25). The number of carbonyl (C=O) groups excluding carboxylic acids is 1. The number of benzene rings is 1. The van der Waals surface area contributed by atoms with Gasteiger partial charge in [-0.2, -0.15) is 0 Å². The summed E-state index contributed by atoms with van der Waals surface area (Å²) in [5.41, 5.74) is 1.75. The molecule has 1 aromatic carbocycles. The zero-order valence-electron chi connectivity index (χ0n) is 16.8. The van der Waals surface area contributed by atoms with Gasteiger partial charge in [-0.15, -0.1) is 11.3 Å². The number of thiophene rings is 1. The molecule has 0 radical (unpaired) electrons. The molecule has 0 aliphatic carbocycles. The van der Waals surface area contributed by atoms with Crippen LogP contribution in [0.4, 0.5) is 11.5 Å². The second kappa shape index (κ2) is 8.96. The van der Waals surface area contributed by atoms with Crippen LogP contribution in [0.3, 0.4) is 0 Å². The van der Waals surface area contributed by atoms with Crippen LogP contribution in [-0.2, 0) is 4.79 Å². The molecule has 0 aliphatic heterocycles. The average Bonchev–Trinajstić information content (AvgIpc) is 3.35. The van der Waals surface area contributed by atoms with Crippen molar-refractivity contribution in [2.75, 3.05) is 23.8 Å². The summed E-state index contributed by atoms with van der Waals surface area (Å²) in [6.07, 6.45) is 2.38. The van der Waals surface area contributed by atoms with Crippen molar-refractivity contribution in [3.63, 3.8) is 0 Å². The molecule has 0 saturated carbocycles. The van der Waals surface area contributed by atoms with E-state index in [-0.39, 0.29) is 5.91 Å². The smallest absolute Gasteiger partial charge is 0.221 e. The molecule has 3 heterocycles. The lowest BCUT2D eigenvalue weighted by Gasteiger charge is -2.09. The van der Waals surface area contributed by atoms with Gasteiger partial charge >= 0.3 is 0 Å². The van der Waals surface area contributed by atoms with Crippen molar-refractivity contribution < 1.29 is 13.9 Å². The van der Waals surface area contributed by atoms with Crippen LogP contribution in [0.5, 0.6) is 5.75 Å². The summed E-state index contributed by atoms with van der Waals surface area (Å²) < 4.78 is 11.6. The maximum Gasteiger partial charge on any atom is 0.221 e. The lowest BCUT2D eigenvalue weighted by atomic mass is 10.2. The monoisotopic (exact) mass is 422 g/mol. The van der Waals surface area contributed by atoms with Crippen molar-refractivity contribution in [3.8, 4) is 17.1 Å². The Morgan fingerprint density at radius 1 is 1.17 bits per heavy atom. The Bertz CT molecular complexity index is 1150. The first-order valence-corrected chi connectivity index (χ1v) is 10.5. The van der Waals surface area contributed by atoms with Crippen molar-refractivity contribution in [3.05, 3.63) is 53.9 Å². The fraction of sp³-hybridized carbons (Fsp3) is 0.227. The first-order valence-electron chi connectivity index (χ1n) is 9.63. The van der Waals surface area contributed by atoms with E-state index < -0.39 is 0 Å². The van der Waals surface area contributed by atoms with E-state index in [4.69, 9.17) is 9.15 Å². The summed E-state index contributed by atoms with van der Waals surface area (Å²) >= 11 is 1.58. The van der Waals surface area contributed by atoms with Crippen LogP contribution in [0, 0.1) is 6.92 Å². The summed E-state index contributed by atoms with van der Waals surface area (Å²) in [6, 6.07) is 11.3. The lowest BCUT2D eigenvalue weighted by Crippen LogP contribution is -2.09. The van der Waals surface area contributed by atoms with Crippen molar-refractivity contribution in [2.24, 2.45) is 0 Å². The first-order chi connectivity index (χ1) is 14.6. The van der Waals surface area contributed by atoms with Crippen molar-refractivity contribution in [2.45, 2.75) is 20.3 Å². The van der Waals surface area contributed by atoms with Gasteiger partial charge in [-0.3, -0.25) is 4.79 Å². The van der Waals surface area contributed by atoms with Gasteiger partial charge in [-0.1, -0.05) is 0 Å². The van der Waals surface area contributed by atoms with Gasteiger partial charge in [0.2, 0.25) is 5.91 Å². The summed E-state index contributed by atoms with van der Waals surface area (Å²) in [4.78, 5) is 20.8. The molecule has 0 saturated heterocycles. The van der Waals surface area contributed by atoms with E-state index in [0.29, 0.717) is 13.2 Å². The van der Waals surface area contributed by atoms with Crippen LogP contribution in [0.1, 0.15) is 19.1 Å². The number of hydrogen-bond acceptors (Lipinski definition) is 7. The normalized spacial score (nSPS) is 10.9. The highest BCUT2D eigenvalue weighted by Crippen LogP contribution is 2.37. The number of anilines is 2. The molecule has 4 aromatic rings. The quantitative estimate of drug-likeness (QED) is 0.384. The van der Waals surface area contributed by atoms with Gasteiger partial charge < -0.3 is 19.8 Å². The van der Waals surface area contributed by atoms with Crippen LogP contribution >= 0.6 is 11.3 Å². The maximum atomic E-state index is 11.1. The Kier molecular flexibility index (Phi) is 5.94. The molecule has 0 atom stereocenters. The van der Waals surface area contributed by atoms with Crippen molar-refractivity contribution in [1.82, 2.24) is 9.97 Å². The molecule has 3 aromatic heterocycles. The number of carbonyl (C=O) groups is 1. The minimum atomic E-state index is -0.0930. The predicted molar refractivity (Wildman–Crippen MR) is 119 cm³/mol. The lowest BCUT2D eigenvalue weighted by molar-refractivity contribution is -0.114. The topological polar surface area (TPSA) is 89.3 Å². The van der Waals surface area contributed by atoms with E-state index in [9.17, 15) is 4.79 Å². The van der Waals surface area contributed by atoms with E-state index in [1.54, 1.807) is 17.7 Å². The molecule has 1 amide bonds. The molecule has 0 fully saturated rings. The van der Waals surface area contributed by atoms with E-state index >= 15 is 0 Å². The van der Waals surface area contributed by atoms with Crippen LogP contribution < -0.4 is 15.4 Å². The number of ether oxygens (including phenoxy) is 1. The third-order valence-corrected chi connectivity index (χ3v) is 5.32. The minimum absolute atomic E-state index is 0.0930. The van der Waals surface area contributed by atoms with Gasteiger partial charge in [0.1, 0.15) is 34.2 Å². The Balaban J connectivity index is 1.34. The Morgan fingerprint density at radius 2 is 2.00 bits per heavy atom. The van der Waals surface area contributed by atoms with Crippen LogP contribution in [0.2, 0.25) is 0 Å². The van der Waals surface area contributed by atoms with E-state index in [0.717, 1.165) is 51.0 Å². The summed E-state index contributed by atoms with van der Waals surface area (Å²) in [6.45, 7) is 4.69. The number of aromatic nitrogens is 2. The fourth-order valence-corrected chi connectivity index (χ4v) is 3.97. The number of hydrogen-bond donors (Lipinski definition) is 2. The first kappa shape index (κ1) is 19.9. The van der Waals surface area contributed by atoms with E-state index in [2.05, 4.69) is 26.0 Å². The fourth-order valence-electron chi connectivity index (χ4n) is 3.08. The van der Waals surface area contributed by atoms with E-state index in [1.165, 1.54) is 6.92 Å². The Labute approximate surface area is 178 Å². The summed E-state index contributed by atoms with van der Waals surface area (Å²) in [7, 11) is 0. The number of amides is 1. The molecular formula is C22H22N4O3S. The van der Waals surface area contributed by atoms with Crippen LogP contribution in [0.25, 0.3) is 21.5 Å². The molecule has 0 aliphatic rings. The Morgan fingerprint density at radius 3 is 2.73 bits per heavy atom. The van der Waals surface area contributed by atoms with Gasteiger partial charge in [0.05, 0.1) is 12.0 Å². The molecular weight excluding hydrogens is 400 g/mol. The minimum Gasteiger partial charge on any atom is -0.494 e. The maximum absolute atomic E-state index is 11.1. The highest BCUT2D eigenvalue weighted by molar-refractivity contribution is 7.17. The van der Waals surface area contributed by atoms with Gasteiger partial charge in [-0.25, -0.2) is 9.97 Å². The molecule has 0 bridgehead atoms. The zero-order valence-corrected chi connectivity index (χ0v) is 17.6. The molecule has 2 N–H and O–H groups in total. The van der Waals surface area contributed by atoms with E-state index in [1.807, 2.05) is 43.3 Å². The molecule has 0 unspecified atom stereocenters. The third-order valence-electron chi connectivity index (χ3n) is 4.43. The van der Waals surface area contributed by atoms with Gasteiger partial charge in [0.15, 0.2) is 0 Å². The van der Waals surface area contributed by atoms with Gasteiger partial charge in [-0.05, 0) is 49.7 Å². The highest BCUT2D eigenvalue weighted by Gasteiger charge is 2.15. The summed E-state index contributed by atoms with van der Waals surface area (Å²) in [5, 5.41) is 9.16. The van der Waals surface area contributed by atoms with Crippen molar-refractivity contribution in [1.29, 1.82) is 0 Å². The second-order valence-corrected chi connectivity index (χ2v) is 7.65. The van der Waals surface area contributed by atoms with Gasteiger partial charge in [0, 0.05) is 30.1 Å². The molecule has 154 valence electrons. The number of fused-ring (bicyclic) bond motifs is 1. The molecule has 4 rings (SSSR count). The zero-order chi connectivity index (χ0) is 20.9. The third kappa shape index (κ3) is 4.60. The predicted octanol–water partition coefficient (Wildman–Crippen LogP) is 5.10. The van der Waals surface area contributed by atoms with Crippen molar-refractivity contribution >= 4 is 39.0 Å². The number of aryl methyl sites for hydroxylation is 1. The molecule has 7 nitrogen and oxygen atoms in total. The summed E-state index contributed by atoms with van der Waals surface area (Å²) in [5.74, 6) is 3.16. The van der Waals surface area contributed by atoms with Crippen LogP contribution in [-0.4, -0.2) is 29.0 Å². The second-order valence-electron chi connectivity index (χ2n) is 6.80. The molecule has 8 heteroatoms. The largest absolute Gasteiger partial charge is 0.494 e. The highest BCUT2D eigenvalue weighted by atomic mass is 32.1. The average molecular weight is 423 g/mol.